The summed E-state index contributed by atoms with van der Waals surface area (Å²) in [7, 11) is 0. The van der Waals surface area contributed by atoms with Crippen LogP contribution in [0.3, 0.4) is 0 Å². The Bertz CT molecular complexity index is 497. The van der Waals surface area contributed by atoms with E-state index in [0.717, 1.165) is 6.42 Å². The van der Waals surface area contributed by atoms with Crippen LogP contribution in [0.1, 0.15) is 15.8 Å². The van der Waals surface area contributed by atoms with Crippen molar-refractivity contribution >= 4 is 28.6 Å². The Morgan fingerprint density at radius 3 is 2.63 bits per heavy atom. The molecular weight excluding hydrogens is 280 g/mol. The van der Waals surface area contributed by atoms with Crippen LogP contribution in [0.2, 0.25) is 0 Å². The highest BCUT2D eigenvalue weighted by Gasteiger charge is 2.17. The number of primary amides is 1. The number of hydrogen-bond donors (Lipinski definition) is 3. The molecule has 0 aliphatic carbocycles. The third kappa shape index (κ3) is 4.14. The molecule has 0 aliphatic rings. The minimum absolute atomic E-state index is 0.0904. The highest BCUT2D eigenvalue weighted by molar-refractivity contribution is 7.10. The fourth-order valence-electron chi connectivity index (χ4n) is 1.75. The highest BCUT2D eigenvalue weighted by Crippen LogP contribution is 2.24. The molecule has 102 valence electrons. The third-order valence-corrected chi connectivity index (χ3v) is 4.64. The van der Waals surface area contributed by atoms with Gasteiger partial charge in [-0.05, 0) is 22.9 Å². The molecule has 0 saturated carbocycles. The number of nitrogens with two attached hydrogens (primary N) is 1. The first-order valence-electron chi connectivity index (χ1n) is 5.93. The van der Waals surface area contributed by atoms with Crippen molar-refractivity contribution in [2.75, 3.05) is 6.54 Å². The van der Waals surface area contributed by atoms with Gasteiger partial charge in [0.2, 0.25) is 5.91 Å². The first kappa shape index (κ1) is 14.2. The summed E-state index contributed by atoms with van der Waals surface area (Å²) in [5, 5.41) is 16.7. The number of rotatable bonds is 7. The van der Waals surface area contributed by atoms with Crippen LogP contribution in [0.15, 0.2) is 35.0 Å². The van der Waals surface area contributed by atoms with E-state index in [0.29, 0.717) is 0 Å². The maximum Gasteiger partial charge on any atom is 0.247 e. The Labute approximate surface area is 119 Å². The molecule has 2 unspecified atom stereocenters. The molecule has 19 heavy (non-hydrogen) atoms. The minimum Gasteiger partial charge on any atom is -0.382 e. The smallest absolute Gasteiger partial charge is 0.247 e. The number of carbonyl (C=O) groups excluding carboxylic acids is 1. The van der Waals surface area contributed by atoms with Crippen molar-refractivity contribution < 1.29 is 9.90 Å². The molecule has 4 N–H and O–H groups in total. The van der Waals surface area contributed by atoms with Crippen LogP contribution in [-0.2, 0) is 11.2 Å². The molecule has 2 atom stereocenters. The first-order chi connectivity index (χ1) is 9.16. The van der Waals surface area contributed by atoms with Gasteiger partial charge >= 0.3 is 0 Å². The molecule has 1 amide bonds. The average molecular weight is 296 g/mol. The summed E-state index contributed by atoms with van der Waals surface area (Å²) < 4.78 is 0. The summed E-state index contributed by atoms with van der Waals surface area (Å²) in [6.07, 6.45) is -0.310. The summed E-state index contributed by atoms with van der Waals surface area (Å²) >= 11 is 3.36. The van der Waals surface area contributed by atoms with Gasteiger partial charge in [-0.3, -0.25) is 4.79 Å². The number of hydrogen-bond acceptors (Lipinski definition) is 5. The lowest BCUT2D eigenvalue weighted by molar-refractivity contribution is -0.125. The van der Waals surface area contributed by atoms with Crippen molar-refractivity contribution in [3.8, 4) is 0 Å². The monoisotopic (exact) mass is 296 g/mol. The number of thiophene rings is 2. The Morgan fingerprint density at radius 1 is 1.32 bits per heavy atom. The van der Waals surface area contributed by atoms with Crippen LogP contribution in [-0.4, -0.2) is 23.7 Å². The van der Waals surface area contributed by atoms with Gasteiger partial charge in [-0.2, -0.15) is 0 Å². The SMILES string of the molecule is NC(=O)C(O)CNC(Cc1cccs1)c1cccs1. The zero-order valence-corrected chi connectivity index (χ0v) is 11.9. The molecule has 0 fully saturated rings. The molecule has 0 saturated heterocycles. The number of aliphatic hydroxyl groups excluding tert-OH is 1. The molecule has 0 spiro atoms. The Kier molecular flexibility index (Phi) is 5.09. The van der Waals surface area contributed by atoms with Gasteiger partial charge in [0.25, 0.3) is 0 Å². The van der Waals surface area contributed by atoms with Crippen LogP contribution in [0, 0.1) is 0 Å². The van der Waals surface area contributed by atoms with E-state index in [2.05, 4.69) is 11.4 Å². The predicted molar refractivity (Wildman–Crippen MR) is 78.3 cm³/mol. The van der Waals surface area contributed by atoms with Crippen molar-refractivity contribution in [3.05, 3.63) is 44.8 Å². The second kappa shape index (κ2) is 6.81. The Balaban J connectivity index is 2.01. The summed E-state index contributed by atoms with van der Waals surface area (Å²) in [5.41, 5.74) is 5.05. The van der Waals surface area contributed by atoms with Crippen molar-refractivity contribution in [2.24, 2.45) is 5.73 Å². The molecule has 0 bridgehead atoms. The number of nitrogens with one attached hydrogen (secondary N) is 1. The zero-order valence-electron chi connectivity index (χ0n) is 10.3. The van der Waals surface area contributed by atoms with Gasteiger partial charge in [0.1, 0.15) is 6.10 Å². The van der Waals surface area contributed by atoms with E-state index in [1.165, 1.54) is 9.75 Å². The van der Waals surface area contributed by atoms with Crippen LogP contribution >= 0.6 is 22.7 Å². The molecule has 2 heterocycles. The van der Waals surface area contributed by atoms with Gasteiger partial charge in [0, 0.05) is 28.8 Å². The van der Waals surface area contributed by atoms with Crippen LogP contribution in [0.25, 0.3) is 0 Å². The average Bonchev–Trinajstić information content (AvgIpc) is 3.06. The van der Waals surface area contributed by atoms with E-state index in [9.17, 15) is 9.90 Å². The van der Waals surface area contributed by atoms with E-state index in [4.69, 9.17) is 5.73 Å². The number of amides is 1. The van der Waals surface area contributed by atoms with Gasteiger partial charge < -0.3 is 16.2 Å². The maximum atomic E-state index is 10.9. The van der Waals surface area contributed by atoms with Crippen LogP contribution < -0.4 is 11.1 Å². The van der Waals surface area contributed by atoms with Crippen LogP contribution in [0.5, 0.6) is 0 Å². The topological polar surface area (TPSA) is 75.4 Å². The standard InChI is InChI=1S/C13H16N2O2S2/c14-13(17)11(16)8-15-10(12-4-2-6-19-12)7-9-3-1-5-18-9/h1-6,10-11,15-16H,7-8H2,(H2,14,17). The Hall–Kier alpha value is -1.21. The number of aliphatic hydroxyl groups is 1. The zero-order chi connectivity index (χ0) is 13.7. The highest BCUT2D eigenvalue weighted by atomic mass is 32.1. The molecule has 2 rings (SSSR count). The van der Waals surface area contributed by atoms with Crippen molar-refractivity contribution in [2.45, 2.75) is 18.6 Å². The van der Waals surface area contributed by atoms with E-state index >= 15 is 0 Å². The first-order valence-corrected chi connectivity index (χ1v) is 7.69. The van der Waals surface area contributed by atoms with Gasteiger partial charge in [0.05, 0.1) is 0 Å². The second-order valence-corrected chi connectivity index (χ2v) is 6.19. The van der Waals surface area contributed by atoms with Gasteiger partial charge in [-0.1, -0.05) is 12.1 Å². The molecule has 0 radical (unpaired) electrons. The second-order valence-electron chi connectivity index (χ2n) is 4.18. The third-order valence-electron chi connectivity index (χ3n) is 2.76. The van der Waals surface area contributed by atoms with Crippen molar-refractivity contribution in [3.63, 3.8) is 0 Å². The van der Waals surface area contributed by atoms with E-state index in [-0.39, 0.29) is 12.6 Å². The summed E-state index contributed by atoms with van der Waals surface area (Å²) in [5.74, 6) is -0.700. The molecule has 0 aliphatic heterocycles. The minimum atomic E-state index is -1.15. The van der Waals surface area contributed by atoms with E-state index < -0.39 is 12.0 Å². The van der Waals surface area contributed by atoms with Crippen molar-refractivity contribution in [1.29, 1.82) is 0 Å². The fraction of sp³-hybridized carbons (Fsp3) is 0.308. The molecule has 0 aromatic carbocycles. The maximum absolute atomic E-state index is 10.9. The molecule has 4 nitrogen and oxygen atoms in total. The molecule has 6 heteroatoms. The normalized spacial score (nSPS) is 14.2. The quantitative estimate of drug-likeness (QED) is 0.725. The lowest BCUT2D eigenvalue weighted by atomic mass is 10.1. The van der Waals surface area contributed by atoms with Crippen LogP contribution in [0.4, 0.5) is 0 Å². The predicted octanol–water partition coefficient (Wildman–Crippen LogP) is 1.53. The molecule has 2 aromatic heterocycles. The molecular formula is C13H16N2O2S2. The lowest BCUT2D eigenvalue weighted by Gasteiger charge is -2.18. The summed E-state index contributed by atoms with van der Waals surface area (Å²) in [4.78, 5) is 13.3. The Morgan fingerprint density at radius 2 is 2.05 bits per heavy atom. The lowest BCUT2D eigenvalue weighted by Crippen LogP contribution is -2.39. The van der Waals surface area contributed by atoms with E-state index in [1.807, 2.05) is 29.0 Å². The fourth-order valence-corrected chi connectivity index (χ4v) is 3.30. The van der Waals surface area contributed by atoms with Gasteiger partial charge in [-0.15, -0.1) is 22.7 Å². The summed E-state index contributed by atoms with van der Waals surface area (Å²) in [6, 6.07) is 8.23. The van der Waals surface area contributed by atoms with Crippen molar-refractivity contribution in [1.82, 2.24) is 5.32 Å². The largest absolute Gasteiger partial charge is 0.382 e. The molecule has 2 aromatic rings. The summed E-state index contributed by atoms with van der Waals surface area (Å²) in [6.45, 7) is 0.170. The van der Waals surface area contributed by atoms with Gasteiger partial charge in [-0.25, -0.2) is 0 Å². The van der Waals surface area contributed by atoms with E-state index in [1.54, 1.807) is 22.7 Å². The van der Waals surface area contributed by atoms with Gasteiger partial charge in [0.15, 0.2) is 0 Å². The number of carbonyl (C=O) groups is 1.